The number of hydrogen-bond acceptors (Lipinski definition) is 4. The molecule has 26 heavy (non-hydrogen) atoms. The van der Waals surface area contributed by atoms with Gasteiger partial charge in [0.15, 0.2) is 0 Å². The van der Waals surface area contributed by atoms with E-state index in [1.54, 1.807) is 0 Å². The molecule has 140 valence electrons. The van der Waals surface area contributed by atoms with Gasteiger partial charge in [0.05, 0.1) is 22.9 Å². The standard InChI is InChI=1S/C18H21ClN2O4S/c1-12-6-4-5-7-17(12)25-11-13(2)20-18(22)15-9-8-14(10-16(15)19)21-26(3,23)24/h4-10,13,21H,11H2,1-3H3,(H,20,22)/t13-/m1/s1. The third kappa shape index (κ3) is 5.93. The minimum atomic E-state index is -3.41. The number of carbonyl (C=O) groups is 1. The van der Waals surface area contributed by atoms with E-state index in [1.807, 2.05) is 38.1 Å². The fraction of sp³-hybridized carbons (Fsp3) is 0.278. The van der Waals surface area contributed by atoms with Crippen molar-refractivity contribution in [1.29, 1.82) is 0 Å². The van der Waals surface area contributed by atoms with Crippen LogP contribution in [0.5, 0.6) is 5.75 Å². The average molecular weight is 397 g/mol. The van der Waals surface area contributed by atoms with Crippen LogP contribution in [-0.2, 0) is 10.0 Å². The molecule has 0 heterocycles. The molecule has 1 amide bonds. The van der Waals surface area contributed by atoms with E-state index in [4.69, 9.17) is 16.3 Å². The van der Waals surface area contributed by atoms with Gasteiger partial charge in [0.1, 0.15) is 12.4 Å². The third-order valence-corrected chi connectivity index (χ3v) is 4.40. The lowest BCUT2D eigenvalue weighted by Crippen LogP contribution is -2.37. The minimum Gasteiger partial charge on any atom is -0.491 e. The first kappa shape index (κ1) is 20.1. The number of sulfonamides is 1. The van der Waals surface area contributed by atoms with Crippen molar-refractivity contribution >= 4 is 33.2 Å². The summed E-state index contributed by atoms with van der Waals surface area (Å²) in [6.45, 7) is 4.08. The summed E-state index contributed by atoms with van der Waals surface area (Å²) in [5, 5.41) is 2.96. The maximum atomic E-state index is 12.4. The highest BCUT2D eigenvalue weighted by Gasteiger charge is 2.15. The number of amides is 1. The normalized spacial score (nSPS) is 12.3. The van der Waals surface area contributed by atoms with Crippen LogP contribution in [0.2, 0.25) is 5.02 Å². The van der Waals surface area contributed by atoms with Gasteiger partial charge in [-0.2, -0.15) is 0 Å². The summed E-state index contributed by atoms with van der Waals surface area (Å²) < 4.78 is 30.5. The first-order valence-corrected chi connectivity index (χ1v) is 10.2. The van der Waals surface area contributed by atoms with Crippen LogP contribution in [0.3, 0.4) is 0 Å². The summed E-state index contributed by atoms with van der Waals surface area (Å²) in [7, 11) is -3.41. The number of para-hydroxylation sites is 1. The molecular formula is C18H21ClN2O4S. The fourth-order valence-corrected chi connectivity index (χ4v) is 3.07. The first-order valence-electron chi connectivity index (χ1n) is 7.92. The molecule has 0 aromatic heterocycles. The molecule has 2 aromatic carbocycles. The van der Waals surface area contributed by atoms with Gasteiger partial charge in [-0.1, -0.05) is 29.8 Å². The van der Waals surface area contributed by atoms with E-state index in [9.17, 15) is 13.2 Å². The van der Waals surface area contributed by atoms with Gasteiger partial charge in [0.25, 0.3) is 5.91 Å². The van der Waals surface area contributed by atoms with Gasteiger partial charge >= 0.3 is 0 Å². The Hall–Kier alpha value is -2.25. The van der Waals surface area contributed by atoms with Crippen molar-refractivity contribution < 1.29 is 17.9 Å². The van der Waals surface area contributed by atoms with E-state index < -0.39 is 10.0 Å². The second-order valence-electron chi connectivity index (χ2n) is 6.02. The third-order valence-electron chi connectivity index (χ3n) is 3.48. The molecule has 6 nitrogen and oxygen atoms in total. The van der Waals surface area contributed by atoms with Crippen molar-refractivity contribution in [3.05, 3.63) is 58.6 Å². The van der Waals surface area contributed by atoms with Crippen molar-refractivity contribution in [2.75, 3.05) is 17.6 Å². The number of halogens is 1. The maximum absolute atomic E-state index is 12.4. The molecule has 0 radical (unpaired) electrons. The predicted octanol–water partition coefficient (Wildman–Crippen LogP) is 3.22. The van der Waals surface area contributed by atoms with E-state index in [1.165, 1.54) is 18.2 Å². The Balaban J connectivity index is 1.97. The van der Waals surface area contributed by atoms with Crippen molar-refractivity contribution in [2.24, 2.45) is 0 Å². The van der Waals surface area contributed by atoms with Crippen LogP contribution in [0.15, 0.2) is 42.5 Å². The van der Waals surface area contributed by atoms with Gasteiger partial charge in [0, 0.05) is 5.69 Å². The quantitative estimate of drug-likeness (QED) is 0.752. The van der Waals surface area contributed by atoms with Gasteiger partial charge in [0.2, 0.25) is 10.0 Å². The van der Waals surface area contributed by atoms with E-state index in [-0.39, 0.29) is 22.5 Å². The lowest BCUT2D eigenvalue weighted by atomic mass is 10.2. The molecule has 0 aliphatic heterocycles. The Morgan fingerprint density at radius 3 is 2.54 bits per heavy atom. The van der Waals surface area contributed by atoms with Gasteiger partial charge in [-0.15, -0.1) is 0 Å². The molecule has 0 unspecified atom stereocenters. The van der Waals surface area contributed by atoms with E-state index in [2.05, 4.69) is 10.0 Å². The lowest BCUT2D eigenvalue weighted by Gasteiger charge is -2.17. The zero-order valence-corrected chi connectivity index (χ0v) is 16.3. The highest BCUT2D eigenvalue weighted by Crippen LogP contribution is 2.22. The first-order chi connectivity index (χ1) is 12.2. The topological polar surface area (TPSA) is 84.5 Å². The summed E-state index contributed by atoms with van der Waals surface area (Å²) >= 11 is 6.10. The number of benzene rings is 2. The largest absolute Gasteiger partial charge is 0.491 e. The number of carbonyl (C=O) groups excluding carboxylic acids is 1. The summed E-state index contributed by atoms with van der Waals surface area (Å²) in [5.74, 6) is 0.407. The Morgan fingerprint density at radius 1 is 1.23 bits per heavy atom. The average Bonchev–Trinajstić information content (AvgIpc) is 2.52. The van der Waals surface area contributed by atoms with Crippen LogP contribution in [0, 0.1) is 6.92 Å². The summed E-state index contributed by atoms with van der Waals surface area (Å²) in [6, 6.07) is 11.7. The molecule has 0 saturated carbocycles. The molecule has 2 rings (SSSR count). The number of rotatable bonds is 7. The Labute approximate surface area is 158 Å². The Kier molecular flexibility index (Phi) is 6.50. The van der Waals surface area contributed by atoms with Crippen LogP contribution in [-0.4, -0.2) is 33.2 Å². The van der Waals surface area contributed by atoms with Crippen molar-refractivity contribution in [3.8, 4) is 5.75 Å². The molecule has 0 spiro atoms. The van der Waals surface area contributed by atoms with Crippen molar-refractivity contribution in [2.45, 2.75) is 19.9 Å². The van der Waals surface area contributed by atoms with Crippen LogP contribution in [0.4, 0.5) is 5.69 Å². The highest BCUT2D eigenvalue weighted by molar-refractivity contribution is 7.92. The fourth-order valence-electron chi connectivity index (χ4n) is 2.25. The Bertz CT molecular complexity index is 900. The molecule has 0 bridgehead atoms. The lowest BCUT2D eigenvalue weighted by molar-refractivity contribution is 0.0927. The van der Waals surface area contributed by atoms with Crippen LogP contribution >= 0.6 is 11.6 Å². The monoisotopic (exact) mass is 396 g/mol. The molecule has 0 fully saturated rings. The van der Waals surface area contributed by atoms with Crippen LogP contribution in [0.25, 0.3) is 0 Å². The van der Waals surface area contributed by atoms with Gasteiger partial charge < -0.3 is 10.1 Å². The van der Waals surface area contributed by atoms with Gasteiger partial charge in [-0.05, 0) is 43.7 Å². The molecule has 2 N–H and O–H groups in total. The van der Waals surface area contributed by atoms with E-state index in [0.29, 0.717) is 12.3 Å². The highest BCUT2D eigenvalue weighted by atomic mass is 35.5. The number of ether oxygens (including phenoxy) is 1. The molecular weight excluding hydrogens is 376 g/mol. The molecule has 0 saturated heterocycles. The van der Waals surface area contributed by atoms with Crippen molar-refractivity contribution in [1.82, 2.24) is 5.32 Å². The molecule has 1 atom stereocenters. The summed E-state index contributed by atoms with van der Waals surface area (Å²) in [6.07, 6.45) is 1.04. The van der Waals surface area contributed by atoms with Crippen LogP contribution < -0.4 is 14.8 Å². The second-order valence-corrected chi connectivity index (χ2v) is 8.18. The van der Waals surface area contributed by atoms with Gasteiger partial charge in [-0.25, -0.2) is 8.42 Å². The number of anilines is 1. The van der Waals surface area contributed by atoms with Gasteiger partial charge in [-0.3, -0.25) is 9.52 Å². The van der Waals surface area contributed by atoms with Crippen molar-refractivity contribution in [3.63, 3.8) is 0 Å². The smallest absolute Gasteiger partial charge is 0.253 e. The zero-order chi connectivity index (χ0) is 19.3. The molecule has 8 heteroatoms. The number of nitrogens with one attached hydrogen (secondary N) is 2. The zero-order valence-electron chi connectivity index (χ0n) is 14.7. The number of hydrogen-bond donors (Lipinski definition) is 2. The SMILES string of the molecule is Cc1ccccc1OC[C@@H](C)NC(=O)c1ccc(NS(C)(=O)=O)cc1Cl. The van der Waals surface area contributed by atoms with E-state index in [0.717, 1.165) is 17.6 Å². The second kappa shape index (κ2) is 8.42. The molecule has 0 aliphatic carbocycles. The minimum absolute atomic E-state index is 0.156. The maximum Gasteiger partial charge on any atom is 0.253 e. The van der Waals surface area contributed by atoms with Crippen LogP contribution in [0.1, 0.15) is 22.8 Å². The Morgan fingerprint density at radius 2 is 1.92 bits per heavy atom. The molecule has 0 aliphatic rings. The summed E-state index contributed by atoms with van der Waals surface area (Å²) in [5.41, 5.74) is 1.57. The predicted molar refractivity (Wildman–Crippen MR) is 104 cm³/mol. The summed E-state index contributed by atoms with van der Waals surface area (Å²) in [4.78, 5) is 12.4. The van der Waals surface area contributed by atoms with E-state index >= 15 is 0 Å². The number of aryl methyl sites for hydroxylation is 1. The molecule has 2 aromatic rings.